The number of ether oxygens (including phenoxy) is 1. The first-order valence-corrected chi connectivity index (χ1v) is 14.3. The Kier molecular flexibility index (Phi) is 15.3. The lowest BCUT2D eigenvalue weighted by Crippen LogP contribution is -2.60. The van der Waals surface area contributed by atoms with E-state index in [0.717, 1.165) is 0 Å². The summed E-state index contributed by atoms with van der Waals surface area (Å²) in [6.45, 7) is 18.5. The molecular formula is C29H55N3O6. The zero-order valence-corrected chi connectivity index (χ0v) is 25.6. The summed E-state index contributed by atoms with van der Waals surface area (Å²) in [6.07, 6.45) is 2.37. The SMILES string of the molecule is CCC(C)(NCC(=O)C(C)(CC)NCCNC(CC)(CC)C(=O)C(C)OC(CC)(CC)C(C)=O)C(=O)CO. The van der Waals surface area contributed by atoms with E-state index in [1.54, 1.807) is 13.8 Å². The molecule has 0 aliphatic carbocycles. The molecule has 0 aromatic rings. The summed E-state index contributed by atoms with van der Waals surface area (Å²) in [5.74, 6) is -0.586. The second kappa shape index (κ2) is 15.9. The largest absolute Gasteiger partial charge is 0.389 e. The van der Waals surface area contributed by atoms with Crippen LogP contribution in [0, 0.1) is 0 Å². The molecule has 0 saturated carbocycles. The van der Waals surface area contributed by atoms with Gasteiger partial charge in [0.15, 0.2) is 23.1 Å². The summed E-state index contributed by atoms with van der Waals surface area (Å²) in [4.78, 5) is 51.1. The van der Waals surface area contributed by atoms with Gasteiger partial charge in [-0.15, -0.1) is 0 Å². The van der Waals surface area contributed by atoms with Gasteiger partial charge in [0.05, 0.1) is 23.2 Å². The van der Waals surface area contributed by atoms with E-state index in [0.29, 0.717) is 51.6 Å². The molecule has 0 heterocycles. The van der Waals surface area contributed by atoms with Crippen LogP contribution in [0.1, 0.15) is 108 Å². The molecule has 222 valence electrons. The van der Waals surface area contributed by atoms with Crippen molar-refractivity contribution < 1.29 is 29.0 Å². The van der Waals surface area contributed by atoms with Crippen molar-refractivity contribution in [3.8, 4) is 0 Å². The Morgan fingerprint density at radius 3 is 1.61 bits per heavy atom. The maximum absolute atomic E-state index is 13.6. The van der Waals surface area contributed by atoms with Gasteiger partial charge in [-0.2, -0.15) is 0 Å². The first kappa shape index (κ1) is 36.5. The molecule has 0 fully saturated rings. The van der Waals surface area contributed by atoms with Crippen molar-refractivity contribution in [3.05, 3.63) is 0 Å². The van der Waals surface area contributed by atoms with E-state index < -0.39 is 34.9 Å². The summed E-state index contributed by atoms with van der Waals surface area (Å²) < 4.78 is 6.12. The fourth-order valence-electron chi connectivity index (χ4n) is 4.84. The molecule has 38 heavy (non-hydrogen) atoms. The Morgan fingerprint density at radius 1 is 0.737 bits per heavy atom. The topological polar surface area (TPSA) is 134 Å². The van der Waals surface area contributed by atoms with Gasteiger partial charge in [-0.25, -0.2) is 0 Å². The van der Waals surface area contributed by atoms with Gasteiger partial charge in [0.25, 0.3) is 0 Å². The highest BCUT2D eigenvalue weighted by molar-refractivity contribution is 5.93. The van der Waals surface area contributed by atoms with E-state index in [9.17, 15) is 24.3 Å². The zero-order valence-electron chi connectivity index (χ0n) is 25.6. The van der Waals surface area contributed by atoms with Crippen LogP contribution in [0.15, 0.2) is 0 Å². The average Bonchev–Trinajstić information content (AvgIpc) is 2.93. The molecule has 3 unspecified atom stereocenters. The van der Waals surface area contributed by atoms with Crippen LogP contribution in [0.25, 0.3) is 0 Å². The van der Waals surface area contributed by atoms with Crippen LogP contribution < -0.4 is 16.0 Å². The van der Waals surface area contributed by atoms with Crippen LogP contribution >= 0.6 is 0 Å². The Hall–Kier alpha value is -1.52. The van der Waals surface area contributed by atoms with Gasteiger partial charge in [0, 0.05) is 13.1 Å². The fraction of sp³-hybridized carbons (Fsp3) is 0.862. The van der Waals surface area contributed by atoms with Crippen LogP contribution in [0.4, 0.5) is 0 Å². The molecule has 0 amide bonds. The van der Waals surface area contributed by atoms with E-state index in [1.807, 2.05) is 48.5 Å². The summed E-state index contributed by atoms with van der Waals surface area (Å²) in [5.41, 5.74) is -3.56. The zero-order chi connectivity index (χ0) is 29.8. The summed E-state index contributed by atoms with van der Waals surface area (Å²) >= 11 is 0. The summed E-state index contributed by atoms with van der Waals surface area (Å²) in [7, 11) is 0. The van der Waals surface area contributed by atoms with Crippen molar-refractivity contribution in [1.29, 1.82) is 0 Å². The Bertz CT molecular complexity index is 793. The summed E-state index contributed by atoms with van der Waals surface area (Å²) in [5, 5.41) is 19.0. The Morgan fingerprint density at radius 2 is 1.21 bits per heavy atom. The van der Waals surface area contributed by atoms with Gasteiger partial charge in [0.2, 0.25) is 0 Å². The molecule has 9 heteroatoms. The first-order valence-electron chi connectivity index (χ1n) is 14.3. The van der Waals surface area contributed by atoms with Crippen LogP contribution in [-0.4, -0.2) is 82.8 Å². The highest BCUT2D eigenvalue weighted by atomic mass is 16.5. The van der Waals surface area contributed by atoms with Crippen molar-refractivity contribution in [3.63, 3.8) is 0 Å². The van der Waals surface area contributed by atoms with Gasteiger partial charge in [-0.05, 0) is 66.2 Å². The van der Waals surface area contributed by atoms with E-state index >= 15 is 0 Å². The van der Waals surface area contributed by atoms with Crippen molar-refractivity contribution in [2.24, 2.45) is 0 Å². The number of ketones is 4. The minimum atomic E-state index is -0.961. The smallest absolute Gasteiger partial charge is 0.181 e. The lowest BCUT2D eigenvalue weighted by atomic mass is 9.84. The van der Waals surface area contributed by atoms with Crippen LogP contribution in [0.2, 0.25) is 0 Å². The maximum atomic E-state index is 13.6. The molecule has 4 N–H and O–H groups in total. The Labute approximate surface area is 230 Å². The predicted molar refractivity (Wildman–Crippen MR) is 151 cm³/mol. The van der Waals surface area contributed by atoms with Crippen LogP contribution in [0.5, 0.6) is 0 Å². The number of aliphatic hydroxyl groups excluding tert-OH is 1. The number of hydrogen-bond acceptors (Lipinski definition) is 9. The number of rotatable bonds is 22. The molecule has 0 bridgehead atoms. The third kappa shape index (κ3) is 8.74. The quantitative estimate of drug-likeness (QED) is 0.153. The maximum Gasteiger partial charge on any atom is 0.181 e. The fourth-order valence-corrected chi connectivity index (χ4v) is 4.84. The van der Waals surface area contributed by atoms with Crippen molar-refractivity contribution in [1.82, 2.24) is 16.0 Å². The van der Waals surface area contributed by atoms with Gasteiger partial charge in [-0.3, -0.25) is 24.5 Å². The molecule has 0 aromatic heterocycles. The monoisotopic (exact) mass is 541 g/mol. The number of hydrogen-bond donors (Lipinski definition) is 4. The number of nitrogens with one attached hydrogen (secondary N) is 3. The van der Waals surface area contributed by atoms with Crippen LogP contribution in [-0.2, 0) is 23.9 Å². The number of Topliss-reactive ketones (excluding diaryl/α,β-unsaturated/α-hetero) is 4. The number of carbonyl (C=O) groups is 4. The normalized spacial score (nSPS) is 16.4. The molecule has 0 spiro atoms. The molecule has 9 nitrogen and oxygen atoms in total. The van der Waals surface area contributed by atoms with Crippen molar-refractivity contribution >= 4 is 23.1 Å². The second-order valence-electron chi connectivity index (χ2n) is 10.8. The minimum absolute atomic E-state index is 0.00516. The molecule has 3 atom stereocenters. The molecule has 0 aromatic carbocycles. The van der Waals surface area contributed by atoms with Crippen LogP contribution in [0.3, 0.4) is 0 Å². The lowest BCUT2D eigenvalue weighted by Gasteiger charge is -2.38. The third-order valence-corrected chi connectivity index (χ3v) is 8.77. The van der Waals surface area contributed by atoms with Gasteiger partial charge in [0.1, 0.15) is 18.3 Å². The third-order valence-electron chi connectivity index (χ3n) is 8.77. The second-order valence-corrected chi connectivity index (χ2v) is 10.8. The van der Waals surface area contributed by atoms with E-state index in [1.165, 1.54) is 6.92 Å². The molecule has 0 aliphatic heterocycles. The lowest BCUT2D eigenvalue weighted by molar-refractivity contribution is -0.162. The van der Waals surface area contributed by atoms with Gasteiger partial charge < -0.3 is 20.5 Å². The van der Waals surface area contributed by atoms with E-state index in [4.69, 9.17) is 4.74 Å². The number of carbonyl (C=O) groups excluding carboxylic acids is 4. The molecular weight excluding hydrogens is 486 g/mol. The van der Waals surface area contributed by atoms with Gasteiger partial charge >= 0.3 is 0 Å². The highest BCUT2D eigenvalue weighted by Gasteiger charge is 2.42. The van der Waals surface area contributed by atoms with Gasteiger partial charge in [-0.1, -0.05) is 41.5 Å². The van der Waals surface area contributed by atoms with Crippen molar-refractivity contribution in [2.45, 2.75) is 136 Å². The van der Waals surface area contributed by atoms with E-state index in [2.05, 4.69) is 16.0 Å². The molecule has 0 aliphatic rings. The van der Waals surface area contributed by atoms with Crippen molar-refractivity contribution in [2.75, 3.05) is 26.2 Å². The Balaban J connectivity index is 5.33. The minimum Gasteiger partial charge on any atom is -0.389 e. The molecule has 0 rings (SSSR count). The predicted octanol–water partition coefficient (Wildman–Crippen LogP) is 2.90. The standard InChI is InChI=1S/C29H55N3O6/c1-11-26(9,23(35)19-32-27(10,12-2)24(36)20-33)30-17-18-31-28(13-3,14-4)25(37)21(7)38-29(15-5,16-6)22(8)34/h21,30-33H,11-20H2,1-10H3. The molecule has 0 radical (unpaired) electrons. The number of aliphatic hydroxyl groups is 1. The first-order chi connectivity index (χ1) is 17.7. The van der Waals surface area contributed by atoms with E-state index in [-0.39, 0.29) is 29.7 Å². The molecule has 0 saturated heterocycles. The average molecular weight is 542 g/mol. The summed E-state index contributed by atoms with van der Waals surface area (Å²) in [6, 6.07) is 0. The highest BCUT2D eigenvalue weighted by Crippen LogP contribution is 2.27.